The molecule has 6 rings (SSSR count). The van der Waals surface area contributed by atoms with Gasteiger partial charge < -0.3 is 9.67 Å². The molecule has 2 amide bonds. The highest BCUT2D eigenvalue weighted by Crippen LogP contribution is 2.42. The normalized spacial score (nSPS) is 17.0. The Hall–Kier alpha value is -4.66. The van der Waals surface area contributed by atoms with E-state index in [4.69, 9.17) is 0 Å². The van der Waals surface area contributed by atoms with Crippen molar-refractivity contribution in [2.75, 3.05) is 23.7 Å². The number of rotatable bonds is 7. The molecular formula is C25H19F3N8O5S. The van der Waals surface area contributed by atoms with Gasteiger partial charge in [0.1, 0.15) is 24.2 Å². The van der Waals surface area contributed by atoms with E-state index in [1.54, 1.807) is 24.4 Å². The van der Waals surface area contributed by atoms with E-state index < -0.39 is 59.1 Å². The Labute approximate surface area is 235 Å². The lowest BCUT2D eigenvalue weighted by atomic mass is 9.89. The van der Waals surface area contributed by atoms with Gasteiger partial charge in [0, 0.05) is 30.9 Å². The fourth-order valence-electron chi connectivity index (χ4n) is 5.24. The van der Waals surface area contributed by atoms with Crippen molar-refractivity contribution >= 4 is 38.7 Å². The number of hydrogen-bond acceptors (Lipinski definition) is 9. The number of halogens is 3. The minimum Gasteiger partial charge on any atom is -0.376 e. The van der Waals surface area contributed by atoms with Crippen LogP contribution in [0.2, 0.25) is 0 Å². The van der Waals surface area contributed by atoms with Gasteiger partial charge in [-0.3, -0.25) is 14.3 Å². The predicted octanol–water partition coefficient (Wildman–Crippen LogP) is 1.86. The van der Waals surface area contributed by atoms with Gasteiger partial charge in [0.15, 0.2) is 11.6 Å². The predicted molar refractivity (Wildman–Crippen MR) is 138 cm³/mol. The molecule has 0 unspecified atom stereocenters. The summed E-state index contributed by atoms with van der Waals surface area (Å²) in [6.45, 7) is -1.40. The molecule has 0 aliphatic carbocycles. The van der Waals surface area contributed by atoms with Crippen LogP contribution in [0.3, 0.4) is 0 Å². The topological polar surface area (TPSA) is 167 Å². The van der Waals surface area contributed by atoms with Crippen LogP contribution in [0.1, 0.15) is 27.1 Å². The highest BCUT2D eigenvalue weighted by molar-refractivity contribution is 7.89. The summed E-state index contributed by atoms with van der Waals surface area (Å²) in [5.41, 5.74) is -0.477. The van der Waals surface area contributed by atoms with E-state index in [2.05, 4.69) is 15.1 Å². The van der Waals surface area contributed by atoms with Gasteiger partial charge >= 0.3 is 6.18 Å². The van der Waals surface area contributed by atoms with Crippen molar-refractivity contribution < 1.29 is 36.3 Å². The molecule has 0 atom stereocenters. The van der Waals surface area contributed by atoms with E-state index in [1.807, 2.05) is 6.07 Å². The Morgan fingerprint density at radius 1 is 1.05 bits per heavy atom. The highest BCUT2D eigenvalue weighted by Gasteiger charge is 2.53. The van der Waals surface area contributed by atoms with Gasteiger partial charge in [-0.05, 0) is 18.2 Å². The van der Waals surface area contributed by atoms with Crippen molar-refractivity contribution in [1.29, 1.82) is 5.26 Å². The average molecular weight is 601 g/mol. The largest absolute Gasteiger partial charge is 0.404 e. The molecular weight excluding hydrogens is 581 g/mol. The first-order valence-corrected chi connectivity index (χ1v) is 13.9. The number of carbonyl (C=O) groups excluding carboxylic acids is 2. The van der Waals surface area contributed by atoms with Crippen LogP contribution in [-0.2, 0) is 22.3 Å². The Morgan fingerprint density at radius 2 is 1.71 bits per heavy atom. The average Bonchev–Trinajstić information content (AvgIpc) is 3.59. The van der Waals surface area contributed by atoms with Crippen LogP contribution in [0.5, 0.6) is 0 Å². The second-order valence-electron chi connectivity index (χ2n) is 9.89. The number of hydrogen-bond donors (Lipinski definition) is 1. The quantitative estimate of drug-likeness (QED) is 0.312. The molecule has 1 aromatic carbocycles. The van der Waals surface area contributed by atoms with Crippen LogP contribution in [0, 0.1) is 11.3 Å². The lowest BCUT2D eigenvalue weighted by molar-refractivity contribution is -0.107. The fourth-order valence-corrected chi connectivity index (χ4v) is 6.71. The van der Waals surface area contributed by atoms with E-state index in [9.17, 15) is 41.5 Å². The van der Waals surface area contributed by atoms with Gasteiger partial charge in [-0.1, -0.05) is 12.1 Å². The molecule has 0 bridgehead atoms. The third-order valence-electron chi connectivity index (χ3n) is 7.24. The van der Waals surface area contributed by atoms with Gasteiger partial charge in [0.25, 0.3) is 11.8 Å². The van der Waals surface area contributed by atoms with Gasteiger partial charge in [-0.25, -0.2) is 23.3 Å². The zero-order valence-corrected chi connectivity index (χ0v) is 22.2. The Balaban J connectivity index is 1.50. The molecule has 1 fully saturated rings. The molecule has 1 N–H and O–H groups in total. The van der Waals surface area contributed by atoms with Crippen molar-refractivity contribution in [1.82, 2.24) is 28.6 Å². The molecule has 0 radical (unpaired) electrons. The summed E-state index contributed by atoms with van der Waals surface area (Å²) in [5, 5.41) is 24.2. The molecule has 3 aromatic heterocycles. The number of sulfonamides is 1. The molecule has 0 spiro atoms. The highest BCUT2D eigenvalue weighted by atomic mass is 32.2. The molecule has 2 aliphatic heterocycles. The zero-order valence-electron chi connectivity index (χ0n) is 21.4. The molecule has 42 heavy (non-hydrogen) atoms. The number of nitrogens with zero attached hydrogens (tertiary/aromatic N) is 8. The number of benzene rings is 1. The van der Waals surface area contributed by atoms with E-state index in [0.717, 1.165) is 4.90 Å². The molecule has 2 aliphatic rings. The summed E-state index contributed by atoms with van der Waals surface area (Å²) in [6, 6.07) is 9.66. The Kier molecular flexibility index (Phi) is 6.18. The minimum absolute atomic E-state index is 0.127. The number of carbonyl (C=O) groups is 2. The van der Waals surface area contributed by atoms with Crippen molar-refractivity contribution in [3.05, 3.63) is 60.2 Å². The molecule has 216 valence electrons. The van der Waals surface area contributed by atoms with Crippen LogP contribution < -0.4 is 4.90 Å². The van der Waals surface area contributed by atoms with Crippen LogP contribution >= 0.6 is 0 Å². The number of nitriles is 1. The number of fused-ring (bicyclic) bond motifs is 2. The van der Waals surface area contributed by atoms with Gasteiger partial charge in [-0.2, -0.15) is 27.8 Å². The van der Waals surface area contributed by atoms with Crippen LogP contribution in [0.15, 0.2) is 49.1 Å². The Morgan fingerprint density at radius 3 is 2.31 bits per heavy atom. The number of amides is 2. The molecule has 0 saturated carbocycles. The zero-order chi connectivity index (χ0) is 30.0. The summed E-state index contributed by atoms with van der Waals surface area (Å²) >= 11 is 0. The van der Waals surface area contributed by atoms with E-state index in [0.29, 0.717) is 15.3 Å². The fraction of sp³-hybridized carbons (Fsp3) is 0.280. The van der Waals surface area contributed by atoms with E-state index in [-0.39, 0.29) is 34.6 Å². The summed E-state index contributed by atoms with van der Waals surface area (Å²) in [5.74, 6) is -3.60. The number of anilines is 1. The summed E-state index contributed by atoms with van der Waals surface area (Å²) < 4.78 is 66.8. The lowest BCUT2D eigenvalue weighted by Gasteiger charge is -2.47. The van der Waals surface area contributed by atoms with Crippen molar-refractivity contribution in [3.63, 3.8) is 0 Å². The lowest BCUT2D eigenvalue weighted by Crippen LogP contribution is -2.65. The van der Waals surface area contributed by atoms with Crippen LogP contribution in [-0.4, -0.2) is 79.0 Å². The maximum atomic E-state index is 13.4. The summed E-state index contributed by atoms with van der Waals surface area (Å²) in [7, 11) is -4.74. The van der Waals surface area contributed by atoms with Crippen molar-refractivity contribution in [2.24, 2.45) is 0 Å². The second kappa shape index (κ2) is 9.44. The number of alkyl halides is 3. The van der Waals surface area contributed by atoms with Gasteiger partial charge in [0.05, 0.1) is 34.9 Å². The Bertz CT molecular complexity index is 1890. The number of imide groups is 1. The van der Waals surface area contributed by atoms with E-state index >= 15 is 0 Å². The third-order valence-corrected chi connectivity index (χ3v) is 8.98. The number of aliphatic hydroxyl groups is 1. The molecule has 17 heteroatoms. The van der Waals surface area contributed by atoms with Gasteiger partial charge in [0.2, 0.25) is 10.0 Å². The maximum Gasteiger partial charge on any atom is 0.404 e. The van der Waals surface area contributed by atoms with E-state index in [1.165, 1.54) is 33.9 Å². The standard InChI is InChI=1S/C25H19F3N8O5S/c26-25(27,28)12-42(40,41)34-10-24(11-34,6-7-29)35-9-18(19-17-5-8-33(14-37)20(17)31-13-30-19)21(32-35)36-22(38)15-3-1-2-4-16(15)23(36)39/h1-5,8-9,13,37H,6,10-12,14H2. The van der Waals surface area contributed by atoms with Crippen LogP contribution in [0.4, 0.5) is 19.0 Å². The minimum atomic E-state index is -4.97. The SMILES string of the molecule is N#CCC1(n2cc(-c3ncnc4c3ccn4CO)c(N3C(=O)c4ccccc4C3=O)n2)CN(S(=O)(=O)CC(F)(F)F)C1. The summed E-state index contributed by atoms with van der Waals surface area (Å²) in [4.78, 5) is 36.2. The second-order valence-corrected chi connectivity index (χ2v) is 11.9. The molecule has 13 nitrogen and oxygen atoms in total. The first kappa shape index (κ1) is 27.5. The number of aliphatic hydroxyl groups excluding tert-OH is 1. The molecule has 5 heterocycles. The third kappa shape index (κ3) is 4.22. The first-order chi connectivity index (χ1) is 19.9. The van der Waals surface area contributed by atoms with Gasteiger partial charge in [-0.15, -0.1) is 0 Å². The molecule has 1 saturated heterocycles. The van der Waals surface area contributed by atoms with Crippen molar-refractivity contribution in [2.45, 2.75) is 24.9 Å². The maximum absolute atomic E-state index is 13.4. The van der Waals surface area contributed by atoms with Crippen LogP contribution in [0.25, 0.3) is 22.3 Å². The number of aromatic nitrogens is 5. The molecule has 4 aromatic rings. The monoisotopic (exact) mass is 600 g/mol. The first-order valence-electron chi connectivity index (χ1n) is 12.3. The smallest absolute Gasteiger partial charge is 0.376 e. The summed E-state index contributed by atoms with van der Waals surface area (Å²) in [6.07, 6.45) is -1.18. The van der Waals surface area contributed by atoms with Crippen molar-refractivity contribution in [3.8, 4) is 17.3 Å².